The van der Waals surface area contributed by atoms with E-state index in [1.165, 1.54) is 18.5 Å². The van der Waals surface area contributed by atoms with Gasteiger partial charge < -0.3 is 5.11 Å². The monoisotopic (exact) mass is 230 g/mol. The Balaban J connectivity index is 2.12. The van der Waals surface area contributed by atoms with Gasteiger partial charge in [0, 0.05) is 24.0 Å². The maximum atomic E-state index is 10.7. The van der Waals surface area contributed by atoms with Crippen LogP contribution in [-0.2, 0) is 18.3 Å². The van der Waals surface area contributed by atoms with Crippen molar-refractivity contribution >= 4 is 16.9 Å². The number of hydrogen-bond donors (Lipinski definition) is 1. The van der Waals surface area contributed by atoms with E-state index < -0.39 is 5.97 Å². The normalized spacial score (nSPS) is 15.4. The lowest BCUT2D eigenvalue weighted by Gasteiger charge is -2.00. The summed E-state index contributed by atoms with van der Waals surface area (Å²) < 4.78 is 1.94. The van der Waals surface area contributed by atoms with Gasteiger partial charge in [-0.3, -0.25) is 9.48 Å². The number of nitrogens with zero attached hydrogens (tertiary/aromatic N) is 2. The minimum Gasteiger partial charge on any atom is -0.481 e. The van der Waals surface area contributed by atoms with Crippen molar-refractivity contribution in [1.82, 2.24) is 9.78 Å². The molecule has 2 aromatic rings. The molecule has 88 valence electrons. The Morgan fingerprint density at radius 3 is 2.94 bits per heavy atom. The van der Waals surface area contributed by atoms with Gasteiger partial charge in [0.2, 0.25) is 0 Å². The third-order valence-electron chi connectivity index (χ3n) is 3.26. The molecule has 1 aromatic heterocycles. The topological polar surface area (TPSA) is 55.1 Å². The molecule has 1 heterocycles. The summed E-state index contributed by atoms with van der Waals surface area (Å²) in [6.07, 6.45) is 2.52. The van der Waals surface area contributed by atoms with Gasteiger partial charge in [-0.15, -0.1) is 0 Å². The molecule has 0 spiro atoms. The summed E-state index contributed by atoms with van der Waals surface area (Å²) >= 11 is 0. The predicted octanol–water partition coefficient (Wildman–Crippen LogP) is 2.08. The number of carbonyl (C=O) groups is 1. The second kappa shape index (κ2) is 3.58. The first-order chi connectivity index (χ1) is 8.15. The van der Waals surface area contributed by atoms with Crippen molar-refractivity contribution in [2.75, 3.05) is 0 Å². The van der Waals surface area contributed by atoms with Crippen LogP contribution in [-0.4, -0.2) is 20.9 Å². The maximum Gasteiger partial charge on any atom is 0.307 e. The molecule has 0 atom stereocenters. The Labute approximate surface area is 98.9 Å². The number of hydrogen-bond acceptors (Lipinski definition) is 2. The van der Waals surface area contributed by atoms with E-state index in [-0.39, 0.29) is 6.42 Å². The van der Waals surface area contributed by atoms with Gasteiger partial charge in [-0.1, -0.05) is 6.07 Å². The van der Waals surface area contributed by atoms with E-state index in [0.717, 1.165) is 16.5 Å². The predicted molar refractivity (Wildman–Crippen MR) is 64.0 cm³/mol. The Bertz CT molecular complexity index is 597. The van der Waals surface area contributed by atoms with E-state index in [1.54, 1.807) is 0 Å². The molecular weight excluding hydrogens is 216 g/mol. The highest BCUT2D eigenvalue weighted by Crippen LogP contribution is 2.42. The quantitative estimate of drug-likeness (QED) is 0.878. The molecule has 4 nitrogen and oxygen atoms in total. The second-order valence-electron chi connectivity index (χ2n) is 4.71. The van der Waals surface area contributed by atoms with Gasteiger partial charge in [0.05, 0.1) is 11.9 Å². The molecule has 1 saturated carbocycles. The number of carboxylic acids is 1. The van der Waals surface area contributed by atoms with Gasteiger partial charge in [-0.05, 0) is 30.5 Å². The maximum absolute atomic E-state index is 10.7. The molecule has 4 heteroatoms. The summed E-state index contributed by atoms with van der Waals surface area (Å²) in [7, 11) is 1.96. The Morgan fingerprint density at radius 2 is 2.29 bits per heavy atom. The number of fused-ring (bicyclic) bond motifs is 1. The fourth-order valence-corrected chi connectivity index (χ4v) is 2.39. The molecule has 1 N–H and O–H groups in total. The number of aryl methyl sites for hydroxylation is 1. The average molecular weight is 230 g/mol. The van der Waals surface area contributed by atoms with Crippen molar-refractivity contribution in [3.63, 3.8) is 0 Å². The largest absolute Gasteiger partial charge is 0.481 e. The number of aromatic nitrogens is 2. The van der Waals surface area contributed by atoms with E-state index in [0.29, 0.717) is 5.92 Å². The molecule has 0 aliphatic heterocycles. The number of benzene rings is 1. The number of carboxylic acid groups (broad SMARTS) is 1. The lowest BCUT2D eigenvalue weighted by atomic mass is 10.1. The molecule has 1 aliphatic rings. The van der Waals surface area contributed by atoms with Crippen molar-refractivity contribution in [1.29, 1.82) is 0 Å². The van der Waals surface area contributed by atoms with E-state index in [4.69, 9.17) is 5.11 Å². The lowest BCUT2D eigenvalue weighted by molar-refractivity contribution is -0.136. The van der Waals surface area contributed by atoms with Crippen LogP contribution >= 0.6 is 0 Å². The molecule has 0 unspecified atom stereocenters. The zero-order valence-electron chi connectivity index (χ0n) is 9.68. The summed E-state index contributed by atoms with van der Waals surface area (Å²) in [6, 6.07) is 5.74. The van der Waals surface area contributed by atoms with Crippen LogP contribution in [0.2, 0.25) is 0 Å². The Kier molecular flexibility index (Phi) is 2.18. The van der Waals surface area contributed by atoms with Crippen LogP contribution in [0.5, 0.6) is 0 Å². The minimum atomic E-state index is -0.791. The van der Waals surface area contributed by atoms with Crippen molar-refractivity contribution in [3.8, 4) is 0 Å². The van der Waals surface area contributed by atoms with Crippen molar-refractivity contribution in [2.45, 2.75) is 25.2 Å². The zero-order chi connectivity index (χ0) is 12.0. The van der Waals surface area contributed by atoms with Crippen molar-refractivity contribution in [2.24, 2.45) is 7.05 Å². The van der Waals surface area contributed by atoms with Gasteiger partial charge >= 0.3 is 5.97 Å². The van der Waals surface area contributed by atoms with E-state index in [9.17, 15) is 4.79 Å². The van der Waals surface area contributed by atoms with Crippen LogP contribution in [0.15, 0.2) is 18.2 Å². The molecule has 0 bridgehead atoms. The molecule has 0 saturated heterocycles. The van der Waals surface area contributed by atoms with Gasteiger partial charge in [-0.25, -0.2) is 0 Å². The molecule has 1 aromatic carbocycles. The highest BCUT2D eigenvalue weighted by atomic mass is 16.4. The second-order valence-corrected chi connectivity index (χ2v) is 4.71. The van der Waals surface area contributed by atoms with Crippen molar-refractivity contribution in [3.05, 3.63) is 29.5 Å². The minimum absolute atomic E-state index is 0.0783. The molecule has 3 rings (SSSR count). The smallest absolute Gasteiger partial charge is 0.307 e. The summed E-state index contributed by atoms with van der Waals surface area (Å²) in [5.41, 5.74) is 3.07. The van der Waals surface area contributed by atoms with Crippen molar-refractivity contribution < 1.29 is 9.90 Å². The molecule has 0 amide bonds. The van der Waals surface area contributed by atoms with E-state index in [2.05, 4.69) is 5.10 Å². The fraction of sp³-hybridized carbons (Fsp3) is 0.385. The zero-order valence-corrected chi connectivity index (χ0v) is 9.68. The molecule has 1 fully saturated rings. The third-order valence-corrected chi connectivity index (χ3v) is 3.26. The van der Waals surface area contributed by atoms with Crippen LogP contribution in [0.4, 0.5) is 0 Å². The Hall–Kier alpha value is -1.84. The van der Waals surface area contributed by atoms with E-state index >= 15 is 0 Å². The van der Waals surface area contributed by atoms with Gasteiger partial charge in [0.15, 0.2) is 0 Å². The van der Waals surface area contributed by atoms with Gasteiger partial charge in [0.25, 0.3) is 0 Å². The molecule has 0 radical (unpaired) electrons. The summed E-state index contributed by atoms with van der Waals surface area (Å²) in [6.45, 7) is 0. The third kappa shape index (κ3) is 1.79. The van der Waals surface area contributed by atoms with Gasteiger partial charge in [-0.2, -0.15) is 5.10 Å². The first-order valence-electron chi connectivity index (χ1n) is 5.82. The summed E-state index contributed by atoms with van der Waals surface area (Å²) in [4.78, 5) is 10.7. The summed E-state index contributed by atoms with van der Waals surface area (Å²) in [5.74, 6) is -0.175. The van der Waals surface area contributed by atoms with Gasteiger partial charge in [0.1, 0.15) is 0 Å². The standard InChI is InChI=1S/C13H14N2O2/c1-15-13(9-3-4-9)10-6-8(7-12(16)17)2-5-11(10)14-15/h2,5-6,9H,3-4,7H2,1H3,(H,16,17). The first-order valence-corrected chi connectivity index (χ1v) is 5.82. The van der Waals surface area contributed by atoms with Crippen LogP contribution in [0.3, 0.4) is 0 Å². The Morgan fingerprint density at radius 1 is 1.53 bits per heavy atom. The fourth-order valence-electron chi connectivity index (χ4n) is 2.39. The molecule has 1 aliphatic carbocycles. The molecule has 17 heavy (non-hydrogen) atoms. The van der Waals surface area contributed by atoms with Crippen LogP contribution in [0.25, 0.3) is 10.9 Å². The van der Waals surface area contributed by atoms with Crippen LogP contribution in [0.1, 0.15) is 30.0 Å². The first kappa shape index (κ1) is 10.3. The lowest BCUT2D eigenvalue weighted by Crippen LogP contribution is -1.99. The average Bonchev–Trinajstić information content (AvgIpc) is 3.01. The number of aliphatic carboxylic acids is 1. The SMILES string of the molecule is Cn1nc2ccc(CC(=O)O)cc2c1C1CC1. The number of rotatable bonds is 3. The highest BCUT2D eigenvalue weighted by Gasteiger charge is 2.29. The van der Waals surface area contributed by atoms with Crippen LogP contribution < -0.4 is 0 Å². The molecular formula is C13H14N2O2. The van der Waals surface area contributed by atoms with Crippen LogP contribution in [0, 0.1) is 0 Å². The summed E-state index contributed by atoms with van der Waals surface area (Å²) in [5, 5.41) is 14.4. The van der Waals surface area contributed by atoms with E-state index in [1.807, 2.05) is 29.9 Å². The highest BCUT2D eigenvalue weighted by molar-refractivity contribution is 5.84.